The first-order chi connectivity index (χ1) is 8.52. The highest BCUT2D eigenvalue weighted by atomic mass is 19.2. The third kappa shape index (κ3) is 3.08. The van der Waals surface area contributed by atoms with Crippen molar-refractivity contribution >= 4 is 5.69 Å². The fourth-order valence-corrected chi connectivity index (χ4v) is 1.41. The normalized spacial score (nSPS) is 10.8. The van der Waals surface area contributed by atoms with Crippen molar-refractivity contribution in [3.05, 3.63) is 23.5 Å². The summed E-state index contributed by atoms with van der Waals surface area (Å²) >= 11 is 0. The molecule has 0 atom stereocenters. The van der Waals surface area contributed by atoms with E-state index in [1.54, 1.807) is 0 Å². The molecule has 4 nitrogen and oxygen atoms in total. The molecule has 0 radical (unpaired) electrons. The summed E-state index contributed by atoms with van der Waals surface area (Å²) in [5.41, 5.74) is -0.897. The van der Waals surface area contributed by atoms with E-state index in [9.17, 15) is 17.6 Å². The molecule has 1 rings (SSSR count). The molecule has 0 fully saturated rings. The van der Waals surface area contributed by atoms with Gasteiger partial charge in [0.05, 0.1) is 13.2 Å². The van der Waals surface area contributed by atoms with Gasteiger partial charge in [-0.25, -0.2) is 0 Å². The van der Waals surface area contributed by atoms with Crippen molar-refractivity contribution in [3.8, 4) is 0 Å². The van der Waals surface area contributed by atoms with Gasteiger partial charge in [0.15, 0.2) is 0 Å². The van der Waals surface area contributed by atoms with Crippen LogP contribution >= 0.6 is 0 Å². The van der Waals surface area contributed by atoms with Crippen LogP contribution in [-0.2, 0) is 4.74 Å². The lowest BCUT2D eigenvalue weighted by atomic mass is 10.3. The predicted molar refractivity (Wildman–Crippen MR) is 55.2 cm³/mol. The minimum atomic E-state index is -1.73. The third-order valence-corrected chi connectivity index (χ3v) is 2.23. The van der Waals surface area contributed by atoms with E-state index in [0.29, 0.717) is 0 Å². The van der Waals surface area contributed by atoms with Crippen LogP contribution in [0.4, 0.5) is 23.2 Å². The number of halogens is 4. The van der Waals surface area contributed by atoms with Crippen molar-refractivity contribution < 1.29 is 27.4 Å². The van der Waals surface area contributed by atoms with Crippen molar-refractivity contribution in [1.29, 1.82) is 0 Å². The average molecular weight is 268 g/mol. The van der Waals surface area contributed by atoms with Gasteiger partial charge in [-0.3, -0.25) is 0 Å². The molecule has 0 aliphatic carbocycles. The van der Waals surface area contributed by atoms with E-state index >= 15 is 0 Å². The van der Waals surface area contributed by atoms with Crippen LogP contribution in [0.3, 0.4) is 0 Å². The highest BCUT2D eigenvalue weighted by molar-refractivity contribution is 5.48. The number of aliphatic hydroxyl groups is 1. The summed E-state index contributed by atoms with van der Waals surface area (Å²) in [6.45, 7) is -0.591. The van der Waals surface area contributed by atoms with Gasteiger partial charge in [0.25, 0.3) is 11.9 Å². The second-order valence-electron chi connectivity index (χ2n) is 3.37. The Kier molecular flexibility index (Phi) is 5.29. The molecule has 0 aliphatic heterocycles. The van der Waals surface area contributed by atoms with Crippen LogP contribution in [0, 0.1) is 23.5 Å². The minimum Gasteiger partial charge on any atom is -0.395 e. The van der Waals surface area contributed by atoms with Gasteiger partial charge in [-0.05, 0) is 0 Å². The fraction of sp³-hybridized carbons (Fsp3) is 0.500. The van der Waals surface area contributed by atoms with Crippen molar-refractivity contribution in [2.75, 3.05) is 38.3 Å². The summed E-state index contributed by atoms with van der Waals surface area (Å²) in [7, 11) is 1.36. The van der Waals surface area contributed by atoms with Gasteiger partial charge < -0.3 is 14.7 Å². The fourth-order valence-electron chi connectivity index (χ4n) is 1.41. The Hall–Kier alpha value is -1.41. The van der Waals surface area contributed by atoms with Gasteiger partial charge in [0.2, 0.25) is 11.6 Å². The Labute approximate surface area is 101 Å². The summed E-state index contributed by atoms with van der Waals surface area (Å²) in [6.07, 6.45) is 0. The number of pyridine rings is 1. The van der Waals surface area contributed by atoms with Gasteiger partial charge in [0.1, 0.15) is 5.69 Å². The van der Waals surface area contributed by atoms with E-state index in [1.165, 1.54) is 7.11 Å². The van der Waals surface area contributed by atoms with Gasteiger partial charge in [0, 0.05) is 20.2 Å². The first-order valence-electron chi connectivity index (χ1n) is 5.07. The third-order valence-electron chi connectivity index (χ3n) is 2.23. The number of nitrogens with zero attached hydrogens (tertiary/aromatic N) is 2. The predicted octanol–water partition coefficient (Wildman–Crippen LogP) is 1.08. The van der Waals surface area contributed by atoms with E-state index in [-0.39, 0.29) is 19.7 Å². The van der Waals surface area contributed by atoms with E-state index in [2.05, 4.69) is 4.98 Å². The van der Waals surface area contributed by atoms with Gasteiger partial charge in [-0.1, -0.05) is 0 Å². The van der Waals surface area contributed by atoms with Crippen molar-refractivity contribution in [1.82, 2.24) is 4.98 Å². The molecule has 102 valence electrons. The molecular formula is C10H12F4N2O2. The van der Waals surface area contributed by atoms with Crippen molar-refractivity contribution in [2.24, 2.45) is 0 Å². The Balaban J connectivity index is 3.17. The SMILES string of the molecule is COCCN(CCO)c1c(F)c(F)nc(F)c1F. The highest BCUT2D eigenvalue weighted by Crippen LogP contribution is 2.25. The standard InChI is InChI=1S/C10H12F4N2O2/c1-18-5-3-16(2-4-17)8-6(11)9(13)15-10(14)7(8)12/h17H,2-5H2,1H3. The molecule has 1 N–H and O–H groups in total. The van der Waals surface area contributed by atoms with Gasteiger partial charge in [-0.15, -0.1) is 0 Å². The van der Waals surface area contributed by atoms with Crippen LogP contribution in [0.2, 0.25) is 0 Å². The average Bonchev–Trinajstić information content (AvgIpc) is 2.33. The zero-order valence-electron chi connectivity index (χ0n) is 9.59. The molecule has 1 aromatic rings. The number of hydrogen-bond donors (Lipinski definition) is 1. The molecule has 0 saturated heterocycles. The summed E-state index contributed by atoms with van der Waals surface area (Å²) in [4.78, 5) is 3.40. The molecular weight excluding hydrogens is 256 g/mol. The molecule has 0 unspecified atom stereocenters. The topological polar surface area (TPSA) is 45.6 Å². The largest absolute Gasteiger partial charge is 0.395 e. The van der Waals surface area contributed by atoms with E-state index in [0.717, 1.165) is 4.90 Å². The number of aliphatic hydroxyl groups excluding tert-OH is 1. The van der Waals surface area contributed by atoms with E-state index in [4.69, 9.17) is 9.84 Å². The summed E-state index contributed by atoms with van der Waals surface area (Å²) in [6, 6.07) is 0. The summed E-state index contributed by atoms with van der Waals surface area (Å²) in [5, 5.41) is 8.79. The summed E-state index contributed by atoms with van der Waals surface area (Å²) < 4.78 is 57.4. The first-order valence-corrected chi connectivity index (χ1v) is 5.07. The van der Waals surface area contributed by atoms with Crippen LogP contribution in [0.1, 0.15) is 0 Å². The van der Waals surface area contributed by atoms with Crippen LogP contribution in [-0.4, -0.2) is 43.5 Å². The number of anilines is 1. The van der Waals surface area contributed by atoms with Gasteiger partial charge >= 0.3 is 0 Å². The van der Waals surface area contributed by atoms with Crippen LogP contribution in [0.15, 0.2) is 0 Å². The lowest BCUT2D eigenvalue weighted by Gasteiger charge is -2.24. The number of rotatable bonds is 6. The van der Waals surface area contributed by atoms with Crippen LogP contribution in [0.5, 0.6) is 0 Å². The second-order valence-corrected chi connectivity index (χ2v) is 3.37. The van der Waals surface area contributed by atoms with Crippen molar-refractivity contribution in [3.63, 3.8) is 0 Å². The Morgan fingerprint density at radius 1 is 1.11 bits per heavy atom. The maximum atomic E-state index is 13.4. The van der Waals surface area contributed by atoms with Crippen molar-refractivity contribution in [2.45, 2.75) is 0 Å². The number of aromatic nitrogens is 1. The van der Waals surface area contributed by atoms with E-state index < -0.39 is 35.8 Å². The molecule has 1 aromatic heterocycles. The molecule has 0 saturated carbocycles. The lowest BCUT2D eigenvalue weighted by Crippen LogP contribution is -2.32. The molecule has 18 heavy (non-hydrogen) atoms. The number of hydrogen-bond acceptors (Lipinski definition) is 4. The molecule has 0 spiro atoms. The smallest absolute Gasteiger partial charge is 0.253 e. The second kappa shape index (κ2) is 6.50. The monoisotopic (exact) mass is 268 g/mol. The number of methoxy groups -OCH3 is 1. The van der Waals surface area contributed by atoms with E-state index in [1.807, 2.05) is 0 Å². The maximum Gasteiger partial charge on any atom is 0.253 e. The Morgan fingerprint density at radius 3 is 2.11 bits per heavy atom. The Morgan fingerprint density at radius 2 is 1.67 bits per heavy atom. The Bertz CT molecular complexity index is 391. The molecule has 1 heterocycles. The lowest BCUT2D eigenvalue weighted by molar-refractivity contribution is 0.202. The minimum absolute atomic E-state index is 0.0339. The maximum absolute atomic E-state index is 13.4. The van der Waals surface area contributed by atoms with Crippen LogP contribution < -0.4 is 4.90 Å². The number of ether oxygens (including phenoxy) is 1. The molecule has 0 aliphatic rings. The molecule has 0 bridgehead atoms. The highest BCUT2D eigenvalue weighted by Gasteiger charge is 2.24. The quantitative estimate of drug-likeness (QED) is 0.619. The zero-order chi connectivity index (χ0) is 13.7. The molecule has 0 amide bonds. The first kappa shape index (κ1) is 14.7. The summed E-state index contributed by atoms with van der Waals surface area (Å²) in [5.74, 6) is -6.66. The van der Waals surface area contributed by atoms with Gasteiger partial charge in [-0.2, -0.15) is 22.5 Å². The zero-order valence-corrected chi connectivity index (χ0v) is 9.59. The van der Waals surface area contributed by atoms with Crippen LogP contribution in [0.25, 0.3) is 0 Å². The molecule has 8 heteroatoms. The molecule has 0 aromatic carbocycles.